The van der Waals surface area contributed by atoms with Crippen molar-refractivity contribution in [2.75, 3.05) is 13.2 Å². The number of aliphatic hydroxyl groups is 1. The Labute approximate surface area is 103 Å². The summed E-state index contributed by atoms with van der Waals surface area (Å²) in [4.78, 5) is 0. The summed E-state index contributed by atoms with van der Waals surface area (Å²) in [5, 5.41) is 16.2. The van der Waals surface area contributed by atoms with Gasteiger partial charge in [0.1, 0.15) is 0 Å². The van der Waals surface area contributed by atoms with Gasteiger partial charge in [-0.15, -0.1) is 12.4 Å². The van der Waals surface area contributed by atoms with Gasteiger partial charge in [0.15, 0.2) is 0 Å². The van der Waals surface area contributed by atoms with E-state index in [0.717, 1.165) is 25.9 Å². The molecule has 16 heavy (non-hydrogen) atoms. The Kier molecular flexibility index (Phi) is 8.25. The molecule has 0 aliphatic carbocycles. The molecule has 1 rings (SSSR count). The van der Waals surface area contributed by atoms with Crippen molar-refractivity contribution in [3.05, 3.63) is 18.0 Å². The van der Waals surface area contributed by atoms with E-state index in [-0.39, 0.29) is 19.0 Å². The molecule has 0 radical (unpaired) electrons. The molecule has 0 atom stereocenters. The van der Waals surface area contributed by atoms with Crippen LogP contribution in [0.3, 0.4) is 0 Å². The molecule has 0 bridgehead atoms. The molecule has 1 aromatic rings. The first kappa shape index (κ1) is 15.4. The molecular weight excluding hydrogens is 226 g/mol. The van der Waals surface area contributed by atoms with Crippen molar-refractivity contribution in [3.63, 3.8) is 0 Å². The van der Waals surface area contributed by atoms with Crippen molar-refractivity contribution in [3.8, 4) is 0 Å². The standard InChI is InChI=1S/C11H21N3O.ClH/c1-10(2)14-9-11(8-13-14)7-12-5-3-4-6-15;/h8-10,12,15H,3-7H2,1-2H3;1H. The van der Waals surface area contributed by atoms with E-state index in [9.17, 15) is 0 Å². The van der Waals surface area contributed by atoms with Gasteiger partial charge in [0.25, 0.3) is 0 Å². The summed E-state index contributed by atoms with van der Waals surface area (Å²) >= 11 is 0. The molecule has 94 valence electrons. The topological polar surface area (TPSA) is 50.1 Å². The lowest BCUT2D eigenvalue weighted by molar-refractivity contribution is 0.283. The Morgan fingerprint density at radius 2 is 2.19 bits per heavy atom. The van der Waals surface area contributed by atoms with Crippen LogP contribution >= 0.6 is 12.4 Å². The summed E-state index contributed by atoms with van der Waals surface area (Å²) in [6.45, 7) is 6.33. The number of unbranched alkanes of at least 4 members (excludes halogenated alkanes) is 1. The Morgan fingerprint density at radius 3 is 2.75 bits per heavy atom. The predicted molar refractivity (Wildman–Crippen MR) is 67.9 cm³/mol. The zero-order valence-corrected chi connectivity index (χ0v) is 10.8. The lowest BCUT2D eigenvalue weighted by Crippen LogP contribution is -2.14. The van der Waals surface area contributed by atoms with Crippen molar-refractivity contribution in [1.82, 2.24) is 15.1 Å². The van der Waals surface area contributed by atoms with Gasteiger partial charge in [0, 0.05) is 31.0 Å². The first-order valence-electron chi connectivity index (χ1n) is 5.58. The van der Waals surface area contributed by atoms with Gasteiger partial charge in [-0.3, -0.25) is 4.68 Å². The first-order chi connectivity index (χ1) is 7.24. The summed E-state index contributed by atoms with van der Waals surface area (Å²) in [6.07, 6.45) is 5.87. The number of nitrogens with zero attached hydrogens (tertiary/aromatic N) is 2. The molecule has 2 N–H and O–H groups in total. The molecule has 0 fully saturated rings. The van der Waals surface area contributed by atoms with Crippen LogP contribution in [-0.4, -0.2) is 28.0 Å². The summed E-state index contributed by atoms with van der Waals surface area (Å²) in [5.41, 5.74) is 1.22. The molecule has 0 aromatic carbocycles. The maximum atomic E-state index is 8.61. The number of aromatic nitrogens is 2. The largest absolute Gasteiger partial charge is 0.396 e. The monoisotopic (exact) mass is 247 g/mol. The fraction of sp³-hybridized carbons (Fsp3) is 0.727. The van der Waals surface area contributed by atoms with E-state index in [2.05, 4.69) is 30.5 Å². The number of hydrogen-bond donors (Lipinski definition) is 2. The molecule has 0 aliphatic rings. The van der Waals surface area contributed by atoms with Gasteiger partial charge < -0.3 is 10.4 Å². The van der Waals surface area contributed by atoms with Gasteiger partial charge in [0.2, 0.25) is 0 Å². The molecular formula is C11H22ClN3O. The van der Waals surface area contributed by atoms with E-state index >= 15 is 0 Å². The SMILES string of the molecule is CC(C)n1cc(CNCCCCO)cn1.Cl. The van der Waals surface area contributed by atoms with Crippen LogP contribution < -0.4 is 5.32 Å². The van der Waals surface area contributed by atoms with Crippen molar-refractivity contribution in [2.45, 2.75) is 39.3 Å². The van der Waals surface area contributed by atoms with Gasteiger partial charge in [-0.2, -0.15) is 5.10 Å². The second-order valence-corrected chi connectivity index (χ2v) is 4.03. The Balaban J connectivity index is 0.00000225. The number of nitrogens with one attached hydrogen (secondary N) is 1. The minimum Gasteiger partial charge on any atom is -0.396 e. The summed E-state index contributed by atoms with van der Waals surface area (Å²) in [6, 6.07) is 0.424. The summed E-state index contributed by atoms with van der Waals surface area (Å²) < 4.78 is 1.96. The molecule has 0 saturated heterocycles. The zero-order valence-electron chi connectivity index (χ0n) is 10.0. The highest BCUT2D eigenvalue weighted by atomic mass is 35.5. The quantitative estimate of drug-likeness (QED) is 0.722. The number of aliphatic hydroxyl groups excluding tert-OH is 1. The Bertz CT molecular complexity index is 276. The molecule has 1 aromatic heterocycles. The highest BCUT2D eigenvalue weighted by Gasteiger charge is 2.00. The Morgan fingerprint density at radius 1 is 1.44 bits per heavy atom. The van der Waals surface area contributed by atoms with Crippen molar-refractivity contribution < 1.29 is 5.11 Å². The predicted octanol–water partition coefficient (Wildman–Crippen LogP) is 1.75. The Hall–Kier alpha value is -0.580. The van der Waals surface area contributed by atoms with E-state index in [0.29, 0.717) is 6.04 Å². The van der Waals surface area contributed by atoms with Crippen molar-refractivity contribution in [2.24, 2.45) is 0 Å². The highest BCUT2D eigenvalue weighted by molar-refractivity contribution is 5.85. The fourth-order valence-electron chi connectivity index (χ4n) is 1.35. The summed E-state index contributed by atoms with van der Waals surface area (Å²) in [5.74, 6) is 0. The van der Waals surface area contributed by atoms with E-state index in [1.807, 2.05) is 10.9 Å². The summed E-state index contributed by atoms with van der Waals surface area (Å²) in [7, 11) is 0. The van der Waals surface area contributed by atoms with Crippen LogP contribution in [0.5, 0.6) is 0 Å². The van der Waals surface area contributed by atoms with Crippen LogP contribution in [0.1, 0.15) is 38.3 Å². The van der Waals surface area contributed by atoms with Crippen LogP contribution in [0.2, 0.25) is 0 Å². The average molecular weight is 248 g/mol. The third-order valence-electron chi connectivity index (χ3n) is 2.27. The van der Waals surface area contributed by atoms with Gasteiger partial charge in [-0.05, 0) is 33.2 Å². The van der Waals surface area contributed by atoms with Gasteiger partial charge >= 0.3 is 0 Å². The minimum atomic E-state index is 0. The van der Waals surface area contributed by atoms with E-state index in [1.54, 1.807) is 0 Å². The van der Waals surface area contributed by atoms with E-state index < -0.39 is 0 Å². The van der Waals surface area contributed by atoms with Crippen molar-refractivity contribution in [1.29, 1.82) is 0 Å². The van der Waals surface area contributed by atoms with Gasteiger partial charge in [0.05, 0.1) is 6.20 Å². The van der Waals surface area contributed by atoms with Gasteiger partial charge in [-0.1, -0.05) is 0 Å². The second kappa shape index (κ2) is 8.56. The fourth-order valence-corrected chi connectivity index (χ4v) is 1.35. The normalized spacial score (nSPS) is 10.5. The number of rotatable bonds is 7. The average Bonchev–Trinajstić information content (AvgIpc) is 2.66. The van der Waals surface area contributed by atoms with Crippen LogP contribution in [0.15, 0.2) is 12.4 Å². The molecule has 1 heterocycles. The third-order valence-corrected chi connectivity index (χ3v) is 2.27. The molecule has 0 saturated carbocycles. The molecule has 5 heteroatoms. The minimum absolute atomic E-state index is 0. The van der Waals surface area contributed by atoms with Crippen LogP contribution in [0.25, 0.3) is 0 Å². The lowest BCUT2D eigenvalue weighted by atomic mass is 10.3. The number of halogens is 1. The molecule has 0 amide bonds. The molecule has 4 nitrogen and oxygen atoms in total. The van der Waals surface area contributed by atoms with E-state index in [4.69, 9.17) is 5.11 Å². The molecule has 0 spiro atoms. The van der Waals surface area contributed by atoms with Crippen LogP contribution in [0, 0.1) is 0 Å². The van der Waals surface area contributed by atoms with Crippen LogP contribution in [0.4, 0.5) is 0 Å². The van der Waals surface area contributed by atoms with Crippen LogP contribution in [-0.2, 0) is 6.54 Å². The number of hydrogen-bond acceptors (Lipinski definition) is 3. The second-order valence-electron chi connectivity index (χ2n) is 4.03. The molecule has 0 aliphatic heterocycles. The lowest BCUT2D eigenvalue weighted by Gasteiger charge is -2.03. The maximum Gasteiger partial charge on any atom is 0.0534 e. The highest BCUT2D eigenvalue weighted by Crippen LogP contribution is 2.04. The third kappa shape index (κ3) is 5.49. The maximum absolute atomic E-state index is 8.61. The van der Waals surface area contributed by atoms with Crippen molar-refractivity contribution >= 4 is 12.4 Å². The first-order valence-corrected chi connectivity index (χ1v) is 5.58. The smallest absolute Gasteiger partial charge is 0.0534 e. The zero-order chi connectivity index (χ0) is 11.1. The van der Waals surface area contributed by atoms with E-state index in [1.165, 1.54) is 5.56 Å². The molecule has 0 unspecified atom stereocenters. The van der Waals surface area contributed by atoms with Gasteiger partial charge in [-0.25, -0.2) is 0 Å².